The van der Waals surface area contributed by atoms with Gasteiger partial charge in [-0.2, -0.15) is 0 Å². The number of para-hydroxylation sites is 1. The number of morpholine rings is 1. The summed E-state index contributed by atoms with van der Waals surface area (Å²) in [6, 6.07) is 7.80. The van der Waals surface area contributed by atoms with Gasteiger partial charge in [-0.1, -0.05) is 12.1 Å². The second-order valence-corrected chi connectivity index (χ2v) is 8.14. The summed E-state index contributed by atoms with van der Waals surface area (Å²) in [4.78, 5) is 36.7. The zero-order valence-electron chi connectivity index (χ0n) is 16.8. The molecule has 4 rings (SSSR count). The highest BCUT2D eigenvalue weighted by molar-refractivity contribution is 5.81. The van der Waals surface area contributed by atoms with Crippen LogP contribution in [0, 0.1) is 0 Å². The molecule has 2 heterocycles. The molecule has 2 aliphatic rings. The number of aromatic nitrogens is 2. The van der Waals surface area contributed by atoms with E-state index in [0.717, 1.165) is 25.7 Å². The first-order valence-electron chi connectivity index (χ1n) is 10.4. The molecule has 0 radical (unpaired) electrons. The molecule has 29 heavy (non-hydrogen) atoms. The number of hydrogen-bond acceptors (Lipinski definition) is 6. The van der Waals surface area contributed by atoms with Crippen LogP contribution >= 0.6 is 0 Å². The van der Waals surface area contributed by atoms with Crippen LogP contribution in [0.25, 0.3) is 10.9 Å². The highest BCUT2D eigenvalue weighted by atomic mass is 16.5. The molecule has 8 nitrogen and oxygen atoms in total. The van der Waals surface area contributed by atoms with Crippen LogP contribution in [0.15, 0.2) is 29.1 Å². The van der Waals surface area contributed by atoms with E-state index >= 15 is 0 Å². The predicted molar refractivity (Wildman–Crippen MR) is 110 cm³/mol. The zero-order chi connectivity index (χ0) is 20.4. The van der Waals surface area contributed by atoms with E-state index in [1.54, 1.807) is 6.07 Å². The van der Waals surface area contributed by atoms with Crippen molar-refractivity contribution in [2.45, 2.75) is 50.4 Å². The van der Waals surface area contributed by atoms with Crippen molar-refractivity contribution in [2.75, 3.05) is 26.7 Å². The van der Waals surface area contributed by atoms with Gasteiger partial charge in [0.05, 0.1) is 24.1 Å². The molecule has 1 atom stereocenters. The van der Waals surface area contributed by atoms with Crippen LogP contribution in [-0.4, -0.2) is 70.6 Å². The van der Waals surface area contributed by atoms with Gasteiger partial charge in [0.2, 0.25) is 0 Å². The van der Waals surface area contributed by atoms with Crippen LogP contribution in [0.2, 0.25) is 0 Å². The molecule has 1 aromatic carbocycles. The van der Waals surface area contributed by atoms with Crippen molar-refractivity contribution in [1.82, 2.24) is 19.8 Å². The van der Waals surface area contributed by atoms with Gasteiger partial charge in [0.15, 0.2) is 0 Å². The van der Waals surface area contributed by atoms with Crippen LogP contribution in [-0.2, 0) is 16.1 Å². The van der Waals surface area contributed by atoms with Gasteiger partial charge >= 0.3 is 0 Å². The summed E-state index contributed by atoms with van der Waals surface area (Å²) >= 11 is 0. The van der Waals surface area contributed by atoms with E-state index in [0.29, 0.717) is 43.0 Å². The highest BCUT2D eigenvalue weighted by Gasteiger charge is 2.33. The van der Waals surface area contributed by atoms with Crippen molar-refractivity contribution in [3.8, 4) is 0 Å². The van der Waals surface area contributed by atoms with E-state index in [9.17, 15) is 9.59 Å². The Balaban J connectivity index is 1.40. The number of benzene rings is 1. The second kappa shape index (κ2) is 8.61. The molecule has 1 aliphatic carbocycles. The first-order chi connectivity index (χ1) is 14.0. The van der Waals surface area contributed by atoms with Gasteiger partial charge in [0.1, 0.15) is 11.9 Å². The number of rotatable bonds is 4. The molecule has 0 bridgehead atoms. The average Bonchev–Trinajstić information content (AvgIpc) is 2.73. The summed E-state index contributed by atoms with van der Waals surface area (Å²) in [6.45, 7) is 2.15. The van der Waals surface area contributed by atoms with Gasteiger partial charge in [0, 0.05) is 32.2 Å². The maximum absolute atomic E-state index is 13.0. The smallest absolute Gasteiger partial charge is 0.258 e. The molecule has 1 amide bonds. The number of carbonyl (C=O) groups excluding carboxylic acids is 1. The summed E-state index contributed by atoms with van der Waals surface area (Å²) in [5.74, 6) is 0.631. The van der Waals surface area contributed by atoms with Crippen molar-refractivity contribution in [3.05, 3.63) is 40.4 Å². The Bertz CT molecular complexity index is 922. The summed E-state index contributed by atoms with van der Waals surface area (Å²) in [5, 5.41) is 0.583. The minimum absolute atomic E-state index is 0.0233. The van der Waals surface area contributed by atoms with Gasteiger partial charge in [-0.3, -0.25) is 14.5 Å². The predicted octanol–water partition coefficient (Wildman–Crippen LogP) is 0.852. The molecular formula is C21H29N5O3. The Morgan fingerprint density at radius 3 is 2.86 bits per heavy atom. The van der Waals surface area contributed by atoms with Crippen molar-refractivity contribution in [2.24, 2.45) is 5.73 Å². The molecule has 2 fully saturated rings. The number of fused-ring (bicyclic) bond motifs is 1. The van der Waals surface area contributed by atoms with Gasteiger partial charge in [0.25, 0.3) is 11.5 Å². The monoisotopic (exact) mass is 399 g/mol. The third kappa shape index (κ3) is 4.49. The van der Waals surface area contributed by atoms with Crippen LogP contribution in [0.3, 0.4) is 0 Å². The Hall–Kier alpha value is -2.29. The molecule has 8 heteroatoms. The normalized spacial score (nSPS) is 25.8. The van der Waals surface area contributed by atoms with E-state index in [1.807, 2.05) is 30.1 Å². The van der Waals surface area contributed by atoms with Gasteiger partial charge < -0.3 is 20.4 Å². The first kappa shape index (κ1) is 20.0. The van der Waals surface area contributed by atoms with Crippen molar-refractivity contribution in [1.29, 1.82) is 0 Å². The van der Waals surface area contributed by atoms with E-state index in [-0.39, 0.29) is 23.6 Å². The summed E-state index contributed by atoms with van der Waals surface area (Å²) in [5.41, 5.74) is 6.53. The maximum atomic E-state index is 13.0. The van der Waals surface area contributed by atoms with Crippen molar-refractivity contribution in [3.63, 3.8) is 0 Å². The number of ether oxygens (including phenoxy) is 1. The van der Waals surface area contributed by atoms with Crippen molar-refractivity contribution < 1.29 is 9.53 Å². The minimum atomic E-state index is -0.489. The number of H-pyrrole nitrogens is 1. The second-order valence-electron chi connectivity index (χ2n) is 8.14. The van der Waals surface area contributed by atoms with E-state index in [1.165, 1.54) is 0 Å². The molecule has 1 saturated carbocycles. The zero-order valence-corrected chi connectivity index (χ0v) is 16.8. The van der Waals surface area contributed by atoms with Gasteiger partial charge in [-0.25, -0.2) is 4.98 Å². The number of carbonyl (C=O) groups is 1. The Labute approximate surface area is 170 Å². The Morgan fingerprint density at radius 2 is 2.07 bits per heavy atom. The number of aromatic amines is 1. The lowest BCUT2D eigenvalue weighted by molar-refractivity contribution is -0.151. The fourth-order valence-electron chi connectivity index (χ4n) is 4.31. The number of nitrogens with two attached hydrogens (primary N) is 1. The number of nitrogens with one attached hydrogen (secondary N) is 1. The van der Waals surface area contributed by atoms with Crippen LogP contribution in [0.1, 0.15) is 31.5 Å². The Kier molecular flexibility index (Phi) is 5.94. The fourth-order valence-corrected chi connectivity index (χ4v) is 4.31. The lowest BCUT2D eigenvalue weighted by atomic mass is 9.91. The minimum Gasteiger partial charge on any atom is -0.366 e. The molecule has 156 valence electrons. The van der Waals surface area contributed by atoms with Crippen LogP contribution in [0.5, 0.6) is 0 Å². The third-order valence-corrected chi connectivity index (χ3v) is 6.10. The molecule has 0 spiro atoms. The molecule has 1 unspecified atom stereocenters. The standard InChI is InChI=1S/C21H29N5O3/c1-25(15-8-6-14(22)7-9-15)21(28)18-12-26(10-11-29-18)13-19-23-17-5-3-2-4-16(17)20(27)24-19/h2-5,14-15,18H,6-13,22H2,1H3,(H,23,24,27). The molecular weight excluding hydrogens is 370 g/mol. The number of likely N-dealkylation sites (N-methyl/N-ethyl adjacent to an activating group) is 1. The molecule has 1 aromatic heterocycles. The van der Waals surface area contributed by atoms with E-state index < -0.39 is 6.10 Å². The fraction of sp³-hybridized carbons (Fsp3) is 0.571. The lowest BCUT2D eigenvalue weighted by Gasteiger charge is -2.38. The highest BCUT2D eigenvalue weighted by Crippen LogP contribution is 2.22. The Morgan fingerprint density at radius 1 is 1.31 bits per heavy atom. The first-order valence-corrected chi connectivity index (χ1v) is 10.4. The SMILES string of the molecule is CN(C(=O)C1CN(Cc2nc3ccccc3c(=O)[nH]2)CCO1)C1CCC(N)CC1. The number of hydrogen-bond donors (Lipinski definition) is 2. The molecule has 1 saturated heterocycles. The summed E-state index contributed by atoms with van der Waals surface area (Å²) < 4.78 is 5.78. The average molecular weight is 399 g/mol. The maximum Gasteiger partial charge on any atom is 0.258 e. The number of amides is 1. The quantitative estimate of drug-likeness (QED) is 0.790. The van der Waals surface area contributed by atoms with Crippen molar-refractivity contribution >= 4 is 16.8 Å². The van der Waals surface area contributed by atoms with Crippen LogP contribution in [0.4, 0.5) is 0 Å². The number of nitrogens with zero attached hydrogens (tertiary/aromatic N) is 3. The molecule has 3 N–H and O–H groups in total. The molecule has 1 aliphatic heterocycles. The van der Waals surface area contributed by atoms with Gasteiger partial charge in [-0.05, 0) is 37.8 Å². The van der Waals surface area contributed by atoms with Crippen LogP contribution < -0.4 is 11.3 Å². The summed E-state index contributed by atoms with van der Waals surface area (Å²) in [7, 11) is 1.87. The largest absolute Gasteiger partial charge is 0.366 e. The van der Waals surface area contributed by atoms with E-state index in [2.05, 4.69) is 14.9 Å². The van der Waals surface area contributed by atoms with Gasteiger partial charge in [-0.15, -0.1) is 0 Å². The molecule has 2 aromatic rings. The van der Waals surface area contributed by atoms with E-state index in [4.69, 9.17) is 10.5 Å². The topological polar surface area (TPSA) is 105 Å². The third-order valence-electron chi connectivity index (χ3n) is 6.10. The summed E-state index contributed by atoms with van der Waals surface area (Å²) in [6.07, 6.45) is 3.32. The lowest BCUT2D eigenvalue weighted by Crippen LogP contribution is -2.53.